The molecule has 0 saturated carbocycles. The van der Waals surface area contributed by atoms with E-state index in [-0.39, 0.29) is 5.76 Å². The summed E-state index contributed by atoms with van der Waals surface area (Å²) in [5.41, 5.74) is -0.419. The molecular formula is C12H16N2O3. The smallest absolute Gasteiger partial charge is 0.373 e. The molecule has 1 aromatic heterocycles. The molecule has 0 aliphatic rings. The number of rotatable bonds is 5. The number of nitrogens with one attached hydrogen (secondary N) is 1. The highest BCUT2D eigenvalue weighted by Crippen LogP contribution is 2.12. The van der Waals surface area contributed by atoms with Crippen LogP contribution in [0.15, 0.2) is 16.5 Å². The summed E-state index contributed by atoms with van der Waals surface area (Å²) < 4.78 is 9.79. The van der Waals surface area contributed by atoms with Gasteiger partial charge in [-0.15, -0.1) is 0 Å². The molecule has 1 aromatic rings. The summed E-state index contributed by atoms with van der Waals surface area (Å²) >= 11 is 0. The van der Waals surface area contributed by atoms with Gasteiger partial charge in [0.2, 0.25) is 5.76 Å². The van der Waals surface area contributed by atoms with Crippen LogP contribution in [0.4, 0.5) is 0 Å². The van der Waals surface area contributed by atoms with E-state index in [9.17, 15) is 4.79 Å². The van der Waals surface area contributed by atoms with E-state index < -0.39 is 11.4 Å². The molecule has 0 aliphatic heterocycles. The van der Waals surface area contributed by atoms with Crippen LogP contribution in [-0.4, -0.2) is 19.6 Å². The quantitative estimate of drug-likeness (QED) is 0.787. The van der Waals surface area contributed by atoms with Gasteiger partial charge in [-0.3, -0.25) is 0 Å². The Morgan fingerprint density at radius 1 is 1.59 bits per heavy atom. The molecule has 0 spiro atoms. The molecule has 0 fully saturated rings. The van der Waals surface area contributed by atoms with E-state index in [0.717, 1.165) is 0 Å². The maximum Gasteiger partial charge on any atom is 0.373 e. The number of carbonyl (C=O) groups is 1. The van der Waals surface area contributed by atoms with Crippen LogP contribution in [-0.2, 0) is 11.3 Å². The second-order valence-corrected chi connectivity index (χ2v) is 4.36. The molecule has 0 unspecified atom stereocenters. The minimum Gasteiger partial charge on any atom is -0.463 e. The van der Waals surface area contributed by atoms with E-state index in [4.69, 9.17) is 9.68 Å². The SMILES string of the molecule is COC(=O)c1ccc(CNCC(C)(C)C#N)o1. The zero-order valence-corrected chi connectivity index (χ0v) is 10.2. The van der Waals surface area contributed by atoms with Crippen LogP contribution < -0.4 is 5.32 Å². The Labute approximate surface area is 100 Å². The first-order chi connectivity index (χ1) is 7.98. The van der Waals surface area contributed by atoms with Crippen molar-refractivity contribution in [3.8, 4) is 6.07 Å². The molecule has 5 heteroatoms. The predicted octanol–water partition coefficient (Wildman–Crippen LogP) is 1.71. The fourth-order valence-corrected chi connectivity index (χ4v) is 1.22. The van der Waals surface area contributed by atoms with E-state index in [2.05, 4.69) is 16.1 Å². The Kier molecular flexibility index (Phi) is 4.30. The Morgan fingerprint density at radius 3 is 2.88 bits per heavy atom. The second kappa shape index (κ2) is 5.51. The lowest BCUT2D eigenvalue weighted by molar-refractivity contribution is 0.0563. The monoisotopic (exact) mass is 236 g/mol. The largest absolute Gasteiger partial charge is 0.463 e. The summed E-state index contributed by atoms with van der Waals surface area (Å²) in [6.07, 6.45) is 0. The van der Waals surface area contributed by atoms with Gasteiger partial charge in [-0.25, -0.2) is 4.79 Å². The van der Waals surface area contributed by atoms with Crippen LogP contribution in [0.2, 0.25) is 0 Å². The van der Waals surface area contributed by atoms with Crippen LogP contribution in [0.1, 0.15) is 30.2 Å². The van der Waals surface area contributed by atoms with Crippen LogP contribution in [0.25, 0.3) is 0 Å². The van der Waals surface area contributed by atoms with E-state index in [1.807, 2.05) is 13.8 Å². The molecule has 0 saturated heterocycles. The van der Waals surface area contributed by atoms with Gasteiger partial charge < -0.3 is 14.5 Å². The second-order valence-electron chi connectivity index (χ2n) is 4.36. The van der Waals surface area contributed by atoms with Crippen molar-refractivity contribution in [2.75, 3.05) is 13.7 Å². The van der Waals surface area contributed by atoms with Crippen LogP contribution >= 0.6 is 0 Å². The van der Waals surface area contributed by atoms with Crippen molar-refractivity contribution in [3.05, 3.63) is 23.7 Å². The third-order valence-electron chi connectivity index (χ3n) is 2.22. The van der Waals surface area contributed by atoms with Crippen molar-refractivity contribution in [3.63, 3.8) is 0 Å². The molecule has 5 nitrogen and oxygen atoms in total. The molecule has 0 bridgehead atoms. The van der Waals surface area contributed by atoms with E-state index in [1.165, 1.54) is 7.11 Å². The van der Waals surface area contributed by atoms with Crippen LogP contribution in [0, 0.1) is 16.7 Å². The van der Waals surface area contributed by atoms with Gasteiger partial charge in [0.15, 0.2) is 0 Å². The normalized spacial score (nSPS) is 10.9. The summed E-state index contributed by atoms with van der Waals surface area (Å²) in [6, 6.07) is 5.47. The minimum absolute atomic E-state index is 0.184. The highest BCUT2D eigenvalue weighted by molar-refractivity contribution is 5.86. The molecule has 0 amide bonds. The number of hydrogen-bond donors (Lipinski definition) is 1. The predicted molar refractivity (Wildman–Crippen MR) is 61.1 cm³/mol. The van der Waals surface area contributed by atoms with Gasteiger partial charge in [-0.05, 0) is 26.0 Å². The molecule has 0 radical (unpaired) electrons. The topological polar surface area (TPSA) is 75.3 Å². The highest BCUT2D eigenvalue weighted by atomic mass is 16.5. The summed E-state index contributed by atoms with van der Waals surface area (Å²) in [5.74, 6) is 0.330. The van der Waals surface area contributed by atoms with Crippen molar-refractivity contribution >= 4 is 5.97 Å². The van der Waals surface area contributed by atoms with Crippen molar-refractivity contribution in [1.29, 1.82) is 5.26 Å². The Balaban J connectivity index is 2.46. The molecule has 0 aliphatic carbocycles. The standard InChI is InChI=1S/C12H16N2O3/c1-12(2,7-13)8-14-6-9-4-5-10(17-9)11(15)16-3/h4-5,14H,6,8H2,1-3H3. The summed E-state index contributed by atoms with van der Waals surface area (Å²) in [4.78, 5) is 11.1. The van der Waals surface area contributed by atoms with Crippen molar-refractivity contribution in [2.24, 2.45) is 5.41 Å². The first kappa shape index (κ1) is 13.3. The highest BCUT2D eigenvalue weighted by Gasteiger charge is 2.16. The maximum atomic E-state index is 11.1. The van der Waals surface area contributed by atoms with Crippen LogP contribution in [0.3, 0.4) is 0 Å². The lowest BCUT2D eigenvalue weighted by Gasteiger charge is -2.14. The van der Waals surface area contributed by atoms with Gasteiger partial charge in [0.25, 0.3) is 0 Å². The number of furan rings is 1. The number of ether oxygens (including phenoxy) is 1. The summed E-state index contributed by atoms with van der Waals surface area (Å²) in [7, 11) is 1.30. The Bertz CT molecular complexity index is 429. The Morgan fingerprint density at radius 2 is 2.29 bits per heavy atom. The van der Waals surface area contributed by atoms with Gasteiger partial charge in [0.05, 0.1) is 25.1 Å². The number of nitrogens with zero attached hydrogens (tertiary/aromatic N) is 1. The molecule has 1 heterocycles. The number of hydrogen-bond acceptors (Lipinski definition) is 5. The van der Waals surface area contributed by atoms with Crippen molar-refractivity contribution < 1.29 is 13.9 Å². The fourth-order valence-electron chi connectivity index (χ4n) is 1.22. The van der Waals surface area contributed by atoms with E-state index in [1.54, 1.807) is 12.1 Å². The first-order valence-electron chi connectivity index (χ1n) is 5.27. The van der Waals surface area contributed by atoms with Gasteiger partial charge in [0.1, 0.15) is 5.76 Å². The maximum absolute atomic E-state index is 11.1. The third-order valence-corrected chi connectivity index (χ3v) is 2.22. The zero-order valence-electron chi connectivity index (χ0n) is 10.2. The molecule has 17 heavy (non-hydrogen) atoms. The van der Waals surface area contributed by atoms with Gasteiger partial charge >= 0.3 is 5.97 Å². The molecular weight excluding hydrogens is 220 g/mol. The molecule has 92 valence electrons. The van der Waals surface area contributed by atoms with Crippen LogP contribution in [0.5, 0.6) is 0 Å². The third kappa shape index (κ3) is 3.93. The lowest BCUT2D eigenvalue weighted by atomic mass is 9.96. The number of esters is 1. The average molecular weight is 236 g/mol. The number of nitriles is 1. The van der Waals surface area contributed by atoms with Crippen molar-refractivity contribution in [1.82, 2.24) is 5.32 Å². The molecule has 0 atom stereocenters. The van der Waals surface area contributed by atoms with E-state index in [0.29, 0.717) is 18.8 Å². The van der Waals surface area contributed by atoms with Crippen molar-refractivity contribution in [2.45, 2.75) is 20.4 Å². The summed E-state index contributed by atoms with van der Waals surface area (Å²) in [5, 5.41) is 11.9. The number of carbonyl (C=O) groups excluding carboxylic acids is 1. The van der Waals surface area contributed by atoms with E-state index >= 15 is 0 Å². The minimum atomic E-state index is -0.492. The lowest BCUT2D eigenvalue weighted by Crippen LogP contribution is -2.27. The molecule has 0 aromatic carbocycles. The summed E-state index contributed by atoms with van der Waals surface area (Å²) in [6.45, 7) is 4.73. The van der Waals surface area contributed by atoms with Gasteiger partial charge in [-0.1, -0.05) is 0 Å². The zero-order chi connectivity index (χ0) is 12.9. The molecule has 1 N–H and O–H groups in total. The number of methoxy groups -OCH3 is 1. The average Bonchev–Trinajstić information content (AvgIpc) is 2.76. The molecule has 1 rings (SSSR count). The Hall–Kier alpha value is -1.80. The van der Waals surface area contributed by atoms with Gasteiger partial charge in [-0.2, -0.15) is 5.26 Å². The first-order valence-corrected chi connectivity index (χ1v) is 5.27. The van der Waals surface area contributed by atoms with Gasteiger partial charge in [0, 0.05) is 6.54 Å². The fraction of sp³-hybridized carbons (Fsp3) is 0.500.